The number of hydrogen-bond acceptors (Lipinski definition) is 4. The number of phenolic OH excluding ortho intramolecular Hbond substituents is 2. The summed E-state index contributed by atoms with van der Waals surface area (Å²) in [5.74, 6) is 0.866. The molecule has 0 bridgehead atoms. The molecule has 39 heavy (non-hydrogen) atoms. The van der Waals surface area contributed by atoms with Gasteiger partial charge in [-0.3, -0.25) is 4.57 Å². The average molecular weight is 541 g/mol. The Kier molecular flexibility index (Phi) is 7.98. The van der Waals surface area contributed by atoms with Gasteiger partial charge in [0, 0.05) is 16.4 Å². The first-order chi connectivity index (χ1) is 18.8. The first-order valence-corrected chi connectivity index (χ1v) is 15.5. The van der Waals surface area contributed by atoms with Gasteiger partial charge in [-0.2, -0.15) is 0 Å². The van der Waals surface area contributed by atoms with E-state index in [1.54, 1.807) is 18.2 Å². The van der Waals surface area contributed by atoms with Crippen LogP contribution in [0.1, 0.15) is 40.0 Å². The summed E-state index contributed by atoms with van der Waals surface area (Å²) in [4.78, 5) is 0. The molecule has 1 aliphatic rings. The van der Waals surface area contributed by atoms with Gasteiger partial charge in [0.05, 0.1) is 11.4 Å². The number of rotatable bonds is 7. The molecule has 0 spiro atoms. The number of hydrogen-bond donors (Lipinski definition) is 2. The molecule has 1 unspecified atom stereocenters. The highest BCUT2D eigenvalue weighted by molar-refractivity contribution is 7.74. The third-order valence-corrected chi connectivity index (χ3v) is 10.6. The third-order valence-electron chi connectivity index (χ3n) is 8.04. The van der Waals surface area contributed by atoms with Crippen LogP contribution < -0.4 is 10.6 Å². The monoisotopic (exact) mass is 540 g/mol. The molecule has 202 valence electrons. The van der Waals surface area contributed by atoms with E-state index in [-0.39, 0.29) is 28.8 Å². The average Bonchev–Trinajstić information content (AvgIpc) is 2.95. The second kappa shape index (κ2) is 11.4. The molecule has 5 rings (SSSR count). The minimum atomic E-state index is -3.92. The Bertz CT molecular complexity index is 1450. The zero-order valence-corrected chi connectivity index (χ0v) is 23.7. The fourth-order valence-electron chi connectivity index (χ4n) is 5.95. The van der Waals surface area contributed by atoms with Crippen molar-refractivity contribution in [2.75, 3.05) is 0 Å². The van der Waals surface area contributed by atoms with E-state index < -0.39 is 7.37 Å². The highest BCUT2D eigenvalue weighted by Gasteiger charge is 2.43. The molecule has 5 heteroatoms. The fourth-order valence-corrected chi connectivity index (χ4v) is 8.56. The summed E-state index contributed by atoms with van der Waals surface area (Å²) in [6.07, 6.45) is 2.67. The van der Waals surface area contributed by atoms with Crippen LogP contribution in [0.4, 0.5) is 0 Å². The first-order valence-electron chi connectivity index (χ1n) is 13.8. The van der Waals surface area contributed by atoms with E-state index in [1.165, 1.54) is 0 Å². The van der Waals surface area contributed by atoms with Crippen LogP contribution in [0.5, 0.6) is 11.5 Å². The van der Waals surface area contributed by atoms with Crippen LogP contribution in [0.25, 0.3) is 22.3 Å². The zero-order chi connectivity index (χ0) is 27.6. The third kappa shape index (κ3) is 5.41. The van der Waals surface area contributed by atoms with Gasteiger partial charge in [-0.15, -0.1) is 0 Å². The minimum absolute atomic E-state index is 0.0509. The van der Waals surface area contributed by atoms with Gasteiger partial charge < -0.3 is 14.7 Å². The standard InChI is InChI=1S/C34H37O4P/c1-23(2)28-20-19-24(3)21-31(28)38-39(37,27-17-11-6-12-18-27)34-32(26-15-9-5-10-16-26)30(35)22-29(33(34)36)25-13-7-4-8-14-25/h4-18,22-24,28,31,35-36H,19-21H2,1-3H3/t24-,28+,31-,39?/m1/s1. The molecule has 0 radical (unpaired) electrons. The van der Waals surface area contributed by atoms with Crippen molar-refractivity contribution in [3.8, 4) is 33.8 Å². The van der Waals surface area contributed by atoms with Gasteiger partial charge in [0.2, 0.25) is 0 Å². The molecular formula is C34H37O4P. The quantitative estimate of drug-likeness (QED) is 0.183. The summed E-state index contributed by atoms with van der Waals surface area (Å²) < 4.78 is 22.5. The lowest BCUT2D eigenvalue weighted by Gasteiger charge is -2.39. The maximum Gasteiger partial charge on any atom is 0.266 e. The predicted molar refractivity (Wildman–Crippen MR) is 160 cm³/mol. The van der Waals surface area contributed by atoms with Crippen molar-refractivity contribution in [1.82, 2.24) is 0 Å². The normalized spacial score (nSPS) is 21.0. The van der Waals surface area contributed by atoms with Crippen LogP contribution in [0.15, 0.2) is 97.1 Å². The molecule has 1 aliphatic carbocycles. The van der Waals surface area contributed by atoms with Crippen molar-refractivity contribution in [3.63, 3.8) is 0 Å². The van der Waals surface area contributed by atoms with Crippen molar-refractivity contribution in [2.45, 2.75) is 46.1 Å². The van der Waals surface area contributed by atoms with Gasteiger partial charge in [0.15, 0.2) is 0 Å². The van der Waals surface area contributed by atoms with E-state index in [2.05, 4.69) is 20.8 Å². The van der Waals surface area contributed by atoms with Gasteiger partial charge in [-0.05, 0) is 59.9 Å². The van der Waals surface area contributed by atoms with Crippen LogP contribution in [-0.4, -0.2) is 16.3 Å². The lowest BCUT2D eigenvalue weighted by molar-refractivity contribution is 0.0514. The van der Waals surface area contributed by atoms with E-state index in [0.717, 1.165) is 24.8 Å². The van der Waals surface area contributed by atoms with Gasteiger partial charge in [0.25, 0.3) is 7.37 Å². The van der Waals surface area contributed by atoms with E-state index in [1.807, 2.05) is 78.9 Å². The lowest BCUT2D eigenvalue weighted by atomic mass is 9.75. The van der Waals surface area contributed by atoms with Crippen LogP contribution in [0.2, 0.25) is 0 Å². The molecule has 4 aromatic rings. The molecule has 0 heterocycles. The van der Waals surface area contributed by atoms with E-state index >= 15 is 4.57 Å². The summed E-state index contributed by atoms with van der Waals surface area (Å²) >= 11 is 0. The smallest absolute Gasteiger partial charge is 0.266 e. The summed E-state index contributed by atoms with van der Waals surface area (Å²) in [6.45, 7) is 6.60. The first kappa shape index (κ1) is 27.2. The highest BCUT2D eigenvalue weighted by Crippen LogP contribution is 2.56. The van der Waals surface area contributed by atoms with Gasteiger partial charge in [0.1, 0.15) is 11.5 Å². The maximum absolute atomic E-state index is 15.6. The topological polar surface area (TPSA) is 66.8 Å². The Morgan fingerprint density at radius 2 is 1.38 bits per heavy atom. The number of aromatic hydroxyl groups is 2. The van der Waals surface area contributed by atoms with Crippen molar-refractivity contribution >= 4 is 18.0 Å². The Morgan fingerprint density at radius 3 is 1.97 bits per heavy atom. The van der Waals surface area contributed by atoms with Crippen molar-refractivity contribution in [3.05, 3.63) is 97.1 Å². The summed E-state index contributed by atoms with van der Waals surface area (Å²) in [5.41, 5.74) is 2.14. The highest BCUT2D eigenvalue weighted by atomic mass is 31.2. The SMILES string of the molecule is CC(C)[C@@H]1CC[C@@H](C)C[C@H]1OP(=O)(c1ccccc1)c1c(O)c(-c2ccccc2)cc(O)c1-c1ccccc1. The molecule has 4 aromatic carbocycles. The Hall–Kier alpha value is -3.33. The largest absolute Gasteiger partial charge is 0.507 e. The van der Waals surface area contributed by atoms with Crippen molar-refractivity contribution in [1.29, 1.82) is 0 Å². The second-order valence-corrected chi connectivity index (χ2v) is 13.4. The molecule has 1 fully saturated rings. The molecule has 2 N–H and O–H groups in total. The summed E-state index contributed by atoms with van der Waals surface area (Å²) in [6, 6.07) is 29.5. The molecule has 0 aliphatic heterocycles. The Labute approximate surface area is 231 Å². The van der Waals surface area contributed by atoms with E-state index in [4.69, 9.17) is 4.52 Å². The predicted octanol–water partition coefficient (Wildman–Crippen LogP) is 8.14. The van der Waals surface area contributed by atoms with E-state index in [0.29, 0.717) is 33.8 Å². The molecule has 0 aromatic heterocycles. The fraction of sp³-hybridized carbons (Fsp3) is 0.294. The minimum Gasteiger partial charge on any atom is -0.507 e. The lowest BCUT2D eigenvalue weighted by Crippen LogP contribution is -2.36. The van der Waals surface area contributed by atoms with Crippen LogP contribution >= 0.6 is 7.37 Å². The van der Waals surface area contributed by atoms with Crippen molar-refractivity contribution in [2.24, 2.45) is 17.8 Å². The Morgan fingerprint density at radius 1 is 0.821 bits per heavy atom. The van der Waals surface area contributed by atoms with Crippen LogP contribution in [0.3, 0.4) is 0 Å². The molecule has 1 saturated carbocycles. The molecule has 4 atom stereocenters. The molecular weight excluding hydrogens is 503 g/mol. The van der Waals surface area contributed by atoms with Gasteiger partial charge >= 0.3 is 0 Å². The van der Waals surface area contributed by atoms with Crippen molar-refractivity contribution < 1.29 is 19.3 Å². The van der Waals surface area contributed by atoms with E-state index in [9.17, 15) is 10.2 Å². The maximum atomic E-state index is 15.6. The number of phenols is 2. The van der Waals surface area contributed by atoms with Gasteiger partial charge in [-0.1, -0.05) is 106 Å². The summed E-state index contributed by atoms with van der Waals surface area (Å²) in [7, 11) is -3.92. The van der Waals surface area contributed by atoms with Gasteiger partial charge in [-0.25, -0.2) is 0 Å². The molecule has 0 amide bonds. The van der Waals surface area contributed by atoms with Crippen LogP contribution in [0, 0.1) is 17.8 Å². The Balaban J connectivity index is 1.81. The number of benzene rings is 4. The molecule has 4 nitrogen and oxygen atoms in total. The molecule has 0 saturated heterocycles. The van der Waals surface area contributed by atoms with Crippen LogP contribution in [-0.2, 0) is 9.09 Å². The summed E-state index contributed by atoms with van der Waals surface area (Å²) in [5, 5.41) is 24.2. The second-order valence-electron chi connectivity index (χ2n) is 11.1. The zero-order valence-electron chi connectivity index (χ0n) is 22.8.